The number of carboxylic acid groups (broad SMARTS) is 1. The van der Waals surface area contributed by atoms with Crippen LogP contribution in [-0.4, -0.2) is 78.3 Å². The number of carbonyl (C=O) groups is 1. The summed E-state index contributed by atoms with van der Waals surface area (Å²) >= 11 is 0. The molecule has 0 radical (unpaired) electrons. The van der Waals surface area contributed by atoms with E-state index in [1.54, 1.807) is 12.3 Å². The third-order valence-corrected chi connectivity index (χ3v) is 5.57. The van der Waals surface area contributed by atoms with E-state index in [0.29, 0.717) is 6.61 Å². The van der Waals surface area contributed by atoms with Gasteiger partial charge in [0.15, 0.2) is 5.82 Å². The summed E-state index contributed by atoms with van der Waals surface area (Å²) in [4.78, 5) is 15.4. The average Bonchev–Trinajstić information content (AvgIpc) is 2.69. The normalized spacial score (nSPS) is 24.1. The molecule has 0 aliphatic carbocycles. The van der Waals surface area contributed by atoms with Gasteiger partial charge in [0, 0.05) is 51.9 Å². The quantitative estimate of drug-likeness (QED) is 0.707. The lowest BCUT2D eigenvalue weighted by Gasteiger charge is -2.53. The Kier molecular flexibility index (Phi) is 7.71. The van der Waals surface area contributed by atoms with Crippen molar-refractivity contribution in [2.45, 2.75) is 43.6 Å². The minimum absolute atomic E-state index is 0.0200. The molecular formula is C20H26F4N2O5. The molecule has 1 atom stereocenters. The lowest BCUT2D eigenvalue weighted by atomic mass is 9.83. The number of aromatic nitrogens is 1. The van der Waals surface area contributed by atoms with Gasteiger partial charge in [0.05, 0.1) is 12.2 Å². The number of hydrogen-bond acceptors (Lipinski definition) is 6. The molecule has 0 bridgehead atoms. The topological polar surface area (TPSA) is 81.1 Å². The first-order valence-electron chi connectivity index (χ1n) is 10.2. The van der Waals surface area contributed by atoms with Crippen LogP contribution in [0, 0.1) is 11.7 Å². The largest absolute Gasteiger partial charge is 0.490 e. The second kappa shape index (κ2) is 10.1. The highest BCUT2D eigenvalue weighted by atomic mass is 19.4. The summed E-state index contributed by atoms with van der Waals surface area (Å²) in [5, 5.41) is 7.12. The maximum atomic E-state index is 13.7. The SMILES string of the molecule is Fc1cccnc1OC1CCOC2(C1)CN(CC1CCOCC1)C2.O=C(O)C(F)(F)F. The van der Waals surface area contributed by atoms with Gasteiger partial charge in [-0.05, 0) is 30.9 Å². The van der Waals surface area contributed by atoms with E-state index in [0.717, 1.165) is 64.4 Å². The van der Waals surface area contributed by atoms with Crippen molar-refractivity contribution in [3.8, 4) is 5.88 Å². The molecule has 4 heterocycles. The zero-order valence-electron chi connectivity index (χ0n) is 16.9. The molecule has 3 fully saturated rings. The summed E-state index contributed by atoms with van der Waals surface area (Å²) in [7, 11) is 0. The average molecular weight is 450 g/mol. The highest BCUT2D eigenvalue weighted by molar-refractivity contribution is 5.73. The number of halogens is 4. The molecule has 1 spiro atoms. The fourth-order valence-electron chi connectivity index (χ4n) is 4.11. The van der Waals surface area contributed by atoms with E-state index >= 15 is 0 Å². The number of hydrogen-bond donors (Lipinski definition) is 1. The van der Waals surface area contributed by atoms with Gasteiger partial charge in [0.25, 0.3) is 5.88 Å². The minimum atomic E-state index is -5.08. The van der Waals surface area contributed by atoms with Gasteiger partial charge < -0.3 is 19.3 Å². The highest BCUT2D eigenvalue weighted by Gasteiger charge is 2.48. The van der Waals surface area contributed by atoms with E-state index in [9.17, 15) is 17.6 Å². The van der Waals surface area contributed by atoms with Crippen molar-refractivity contribution in [1.29, 1.82) is 0 Å². The van der Waals surface area contributed by atoms with Gasteiger partial charge in [-0.15, -0.1) is 0 Å². The molecule has 31 heavy (non-hydrogen) atoms. The Balaban J connectivity index is 0.000000339. The van der Waals surface area contributed by atoms with Gasteiger partial charge in [0.2, 0.25) is 0 Å². The van der Waals surface area contributed by atoms with Crippen molar-refractivity contribution < 1.29 is 41.7 Å². The van der Waals surface area contributed by atoms with E-state index in [1.165, 1.54) is 6.07 Å². The highest BCUT2D eigenvalue weighted by Crippen LogP contribution is 2.36. The Bertz CT molecular complexity index is 737. The first kappa shape index (κ1) is 23.7. The van der Waals surface area contributed by atoms with Gasteiger partial charge in [-0.2, -0.15) is 13.2 Å². The van der Waals surface area contributed by atoms with Crippen molar-refractivity contribution in [2.24, 2.45) is 5.92 Å². The Hall–Kier alpha value is -1.98. The van der Waals surface area contributed by atoms with Crippen LogP contribution in [-0.2, 0) is 14.3 Å². The summed E-state index contributed by atoms with van der Waals surface area (Å²) < 4.78 is 62.7. The Morgan fingerprint density at radius 1 is 1.26 bits per heavy atom. The van der Waals surface area contributed by atoms with Crippen LogP contribution in [0.15, 0.2) is 18.3 Å². The van der Waals surface area contributed by atoms with Crippen molar-refractivity contribution in [3.63, 3.8) is 0 Å². The summed E-state index contributed by atoms with van der Waals surface area (Å²) in [6.07, 6.45) is 0.384. The van der Waals surface area contributed by atoms with E-state index in [-0.39, 0.29) is 17.6 Å². The minimum Gasteiger partial charge on any atom is -0.475 e. The molecule has 11 heteroatoms. The van der Waals surface area contributed by atoms with E-state index in [1.807, 2.05) is 0 Å². The van der Waals surface area contributed by atoms with Gasteiger partial charge in [-0.25, -0.2) is 14.2 Å². The van der Waals surface area contributed by atoms with E-state index in [2.05, 4.69) is 9.88 Å². The van der Waals surface area contributed by atoms with Crippen LogP contribution >= 0.6 is 0 Å². The van der Waals surface area contributed by atoms with E-state index < -0.39 is 18.0 Å². The molecule has 3 saturated heterocycles. The fourth-order valence-corrected chi connectivity index (χ4v) is 4.11. The first-order valence-corrected chi connectivity index (χ1v) is 10.2. The van der Waals surface area contributed by atoms with Crippen LogP contribution in [0.25, 0.3) is 0 Å². The monoisotopic (exact) mass is 450 g/mol. The molecule has 3 aliphatic heterocycles. The van der Waals surface area contributed by atoms with Gasteiger partial charge >= 0.3 is 12.1 Å². The molecule has 3 aliphatic rings. The molecule has 1 aromatic heterocycles. The van der Waals surface area contributed by atoms with Crippen LogP contribution in [0.3, 0.4) is 0 Å². The summed E-state index contributed by atoms with van der Waals surface area (Å²) in [6.45, 7) is 5.50. The molecular weight excluding hydrogens is 424 g/mol. The van der Waals surface area contributed by atoms with Gasteiger partial charge in [-0.1, -0.05) is 0 Å². The standard InChI is InChI=1S/C18H25FN2O3.C2HF3O2/c19-16-2-1-6-20-17(16)24-15-5-9-23-18(10-15)12-21(13-18)11-14-3-7-22-8-4-14;3-2(4,5)1(6)7/h1-2,6,14-15H,3-5,7-13H2;(H,6,7). The predicted molar refractivity (Wildman–Crippen MR) is 100 cm³/mol. The summed E-state index contributed by atoms with van der Waals surface area (Å²) in [5.74, 6) is -2.30. The molecule has 4 rings (SSSR count). The van der Waals surface area contributed by atoms with Crippen LogP contribution < -0.4 is 4.74 Å². The number of carboxylic acids is 1. The number of alkyl halides is 3. The number of pyridine rings is 1. The Labute approximate surface area is 177 Å². The van der Waals surface area contributed by atoms with Crippen molar-refractivity contribution in [1.82, 2.24) is 9.88 Å². The fraction of sp³-hybridized carbons (Fsp3) is 0.700. The van der Waals surface area contributed by atoms with Crippen LogP contribution in [0.5, 0.6) is 5.88 Å². The molecule has 1 aromatic rings. The van der Waals surface area contributed by atoms with Crippen molar-refractivity contribution in [2.75, 3.05) is 39.5 Å². The molecule has 174 valence electrons. The molecule has 1 N–H and O–H groups in total. The molecule has 1 unspecified atom stereocenters. The zero-order chi connectivity index (χ0) is 22.5. The lowest BCUT2D eigenvalue weighted by molar-refractivity contribution is -0.192. The first-order chi connectivity index (χ1) is 14.7. The third-order valence-electron chi connectivity index (χ3n) is 5.57. The summed E-state index contributed by atoms with van der Waals surface area (Å²) in [5.41, 5.74) is -0.112. The molecule has 0 aromatic carbocycles. The smallest absolute Gasteiger partial charge is 0.475 e. The van der Waals surface area contributed by atoms with Gasteiger partial charge in [-0.3, -0.25) is 4.90 Å². The van der Waals surface area contributed by atoms with Crippen molar-refractivity contribution >= 4 is 5.97 Å². The molecule has 0 saturated carbocycles. The summed E-state index contributed by atoms with van der Waals surface area (Å²) in [6, 6.07) is 2.96. The number of nitrogens with zero attached hydrogens (tertiary/aromatic N) is 2. The maximum Gasteiger partial charge on any atom is 0.490 e. The number of likely N-dealkylation sites (tertiary alicyclic amines) is 1. The second-order valence-corrected chi connectivity index (χ2v) is 8.08. The number of rotatable bonds is 4. The van der Waals surface area contributed by atoms with Crippen LogP contribution in [0.1, 0.15) is 25.7 Å². The number of ether oxygens (including phenoxy) is 3. The molecule has 7 nitrogen and oxygen atoms in total. The predicted octanol–water partition coefficient (Wildman–Crippen LogP) is 2.89. The van der Waals surface area contributed by atoms with Gasteiger partial charge in [0.1, 0.15) is 6.10 Å². The Morgan fingerprint density at radius 3 is 2.55 bits per heavy atom. The van der Waals surface area contributed by atoms with Crippen LogP contribution in [0.2, 0.25) is 0 Å². The molecule has 0 amide bonds. The second-order valence-electron chi connectivity index (χ2n) is 8.08. The van der Waals surface area contributed by atoms with Crippen molar-refractivity contribution in [3.05, 3.63) is 24.1 Å². The van der Waals surface area contributed by atoms with Crippen LogP contribution in [0.4, 0.5) is 17.6 Å². The third kappa shape index (κ3) is 6.75. The number of aliphatic carboxylic acids is 1. The van der Waals surface area contributed by atoms with E-state index in [4.69, 9.17) is 24.1 Å². The maximum absolute atomic E-state index is 13.7. The Morgan fingerprint density at radius 2 is 1.94 bits per heavy atom. The lowest BCUT2D eigenvalue weighted by Crippen LogP contribution is -2.66. The zero-order valence-corrected chi connectivity index (χ0v) is 16.9.